The molecular formula is C15H25N3O. The number of hydrogen-bond acceptors (Lipinski definition) is 4. The third kappa shape index (κ3) is 2.51. The van der Waals surface area contributed by atoms with Gasteiger partial charge in [0.15, 0.2) is 5.82 Å². The van der Waals surface area contributed by atoms with Crippen LogP contribution in [0, 0.1) is 0 Å². The molecule has 106 valence electrons. The van der Waals surface area contributed by atoms with Crippen molar-refractivity contribution < 1.29 is 4.74 Å². The second kappa shape index (κ2) is 5.97. The molecule has 1 aliphatic carbocycles. The Hall–Kier alpha value is -1.00. The van der Waals surface area contributed by atoms with Gasteiger partial charge < -0.3 is 10.5 Å². The smallest absolute Gasteiger partial charge is 0.160 e. The minimum absolute atomic E-state index is 0.227. The molecule has 1 heterocycles. The van der Waals surface area contributed by atoms with Crippen LogP contribution in [0.5, 0.6) is 0 Å². The molecule has 1 aromatic heterocycles. The van der Waals surface area contributed by atoms with Gasteiger partial charge in [0.25, 0.3) is 0 Å². The maximum absolute atomic E-state index is 5.71. The van der Waals surface area contributed by atoms with E-state index in [2.05, 4.69) is 13.8 Å². The van der Waals surface area contributed by atoms with Gasteiger partial charge in [0.2, 0.25) is 0 Å². The number of ether oxygens (including phenoxy) is 1. The van der Waals surface area contributed by atoms with Crippen LogP contribution in [-0.2, 0) is 29.6 Å². The van der Waals surface area contributed by atoms with Crippen molar-refractivity contribution in [3.05, 3.63) is 22.8 Å². The highest BCUT2D eigenvalue weighted by atomic mass is 16.5. The van der Waals surface area contributed by atoms with Gasteiger partial charge in [-0.3, -0.25) is 0 Å². The number of methoxy groups -OCH3 is 1. The third-order valence-corrected chi connectivity index (χ3v) is 4.20. The van der Waals surface area contributed by atoms with E-state index in [-0.39, 0.29) is 5.60 Å². The summed E-state index contributed by atoms with van der Waals surface area (Å²) in [5.41, 5.74) is 9.04. The van der Waals surface area contributed by atoms with E-state index < -0.39 is 0 Å². The molecule has 1 aliphatic rings. The summed E-state index contributed by atoms with van der Waals surface area (Å²) in [6, 6.07) is 0. The van der Waals surface area contributed by atoms with E-state index in [9.17, 15) is 0 Å². The lowest BCUT2D eigenvalue weighted by Gasteiger charge is -2.39. The number of aromatic nitrogens is 2. The normalized spacial score (nSPS) is 17.3. The fraction of sp³-hybridized carbons (Fsp3) is 0.733. The molecule has 0 radical (unpaired) electrons. The van der Waals surface area contributed by atoms with E-state index in [1.165, 1.54) is 12.0 Å². The van der Waals surface area contributed by atoms with Gasteiger partial charge in [-0.1, -0.05) is 13.8 Å². The molecule has 4 nitrogen and oxygen atoms in total. The summed E-state index contributed by atoms with van der Waals surface area (Å²) >= 11 is 0. The maximum atomic E-state index is 5.71. The van der Waals surface area contributed by atoms with E-state index in [1.54, 1.807) is 7.11 Å². The zero-order valence-electron chi connectivity index (χ0n) is 12.3. The average molecular weight is 263 g/mol. The number of nitrogens with zero attached hydrogens (tertiary/aromatic N) is 2. The largest absolute Gasteiger partial charge is 0.370 e. The van der Waals surface area contributed by atoms with Gasteiger partial charge in [-0.15, -0.1) is 0 Å². The van der Waals surface area contributed by atoms with Gasteiger partial charge in [-0.2, -0.15) is 0 Å². The first-order valence-corrected chi connectivity index (χ1v) is 7.35. The Morgan fingerprint density at radius 3 is 2.05 bits per heavy atom. The molecule has 19 heavy (non-hydrogen) atoms. The molecule has 0 amide bonds. The lowest BCUT2D eigenvalue weighted by atomic mass is 9.79. The Morgan fingerprint density at radius 2 is 1.74 bits per heavy atom. The summed E-state index contributed by atoms with van der Waals surface area (Å²) in [6.45, 7) is 4.94. The first-order valence-electron chi connectivity index (χ1n) is 7.35. The van der Waals surface area contributed by atoms with Crippen LogP contribution in [0.1, 0.15) is 55.9 Å². The SMILES string of the molecule is CCc1nc(C2(OC)CCC2)nc(CC)c1CCN. The van der Waals surface area contributed by atoms with E-state index in [0.717, 1.165) is 49.3 Å². The molecule has 0 spiro atoms. The average Bonchev–Trinajstić information content (AvgIpc) is 2.39. The molecule has 0 saturated heterocycles. The molecule has 1 fully saturated rings. The minimum atomic E-state index is -0.227. The van der Waals surface area contributed by atoms with Crippen molar-refractivity contribution in [2.45, 2.75) is 58.0 Å². The van der Waals surface area contributed by atoms with Crippen LogP contribution < -0.4 is 5.73 Å². The molecule has 2 N–H and O–H groups in total. The predicted octanol–water partition coefficient (Wildman–Crippen LogP) is 2.13. The summed E-state index contributed by atoms with van der Waals surface area (Å²) in [5.74, 6) is 0.885. The fourth-order valence-corrected chi connectivity index (χ4v) is 2.82. The number of hydrogen-bond donors (Lipinski definition) is 1. The summed E-state index contributed by atoms with van der Waals surface area (Å²) in [4.78, 5) is 9.58. The number of aryl methyl sites for hydroxylation is 2. The predicted molar refractivity (Wildman–Crippen MR) is 76.1 cm³/mol. The summed E-state index contributed by atoms with van der Waals surface area (Å²) in [5, 5.41) is 0. The second-order valence-electron chi connectivity index (χ2n) is 5.22. The lowest BCUT2D eigenvalue weighted by Crippen LogP contribution is -2.38. The highest BCUT2D eigenvalue weighted by Crippen LogP contribution is 2.43. The van der Waals surface area contributed by atoms with Crippen LogP contribution in [0.25, 0.3) is 0 Å². The first-order chi connectivity index (χ1) is 9.20. The molecule has 2 rings (SSSR count). The Balaban J connectivity index is 2.46. The van der Waals surface area contributed by atoms with Gasteiger partial charge in [-0.25, -0.2) is 9.97 Å². The Kier molecular flexibility index (Phi) is 4.53. The van der Waals surface area contributed by atoms with E-state index >= 15 is 0 Å². The Labute approximate surface area is 115 Å². The van der Waals surface area contributed by atoms with Crippen molar-refractivity contribution >= 4 is 0 Å². The highest BCUT2D eigenvalue weighted by Gasteiger charge is 2.42. The lowest BCUT2D eigenvalue weighted by molar-refractivity contribution is -0.0849. The van der Waals surface area contributed by atoms with Crippen molar-refractivity contribution in [3.63, 3.8) is 0 Å². The molecule has 0 unspecified atom stereocenters. The zero-order chi connectivity index (χ0) is 13.9. The highest BCUT2D eigenvalue weighted by molar-refractivity contribution is 5.29. The van der Waals surface area contributed by atoms with Crippen molar-refractivity contribution in [1.82, 2.24) is 9.97 Å². The van der Waals surface area contributed by atoms with Crippen LogP contribution in [-0.4, -0.2) is 23.6 Å². The van der Waals surface area contributed by atoms with Gasteiger partial charge in [0.05, 0.1) is 0 Å². The van der Waals surface area contributed by atoms with Crippen LogP contribution >= 0.6 is 0 Å². The number of nitrogens with two attached hydrogens (primary N) is 1. The van der Waals surface area contributed by atoms with E-state index in [1.807, 2.05) is 0 Å². The van der Waals surface area contributed by atoms with Crippen LogP contribution in [0.15, 0.2) is 0 Å². The summed E-state index contributed by atoms with van der Waals surface area (Å²) < 4.78 is 5.71. The van der Waals surface area contributed by atoms with Crippen LogP contribution in [0.4, 0.5) is 0 Å². The van der Waals surface area contributed by atoms with Crippen molar-refractivity contribution in [2.24, 2.45) is 5.73 Å². The van der Waals surface area contributed by atoms with Crippen LogP contribution in [0.3, 0.4) is 0 Å². The maximum Gasteiger partial charge on any atom is 0.160 e. The van der Waals surface area contributed by atoms with Gasteiger partial charge >= 0.3 is 0 Å². The summed E-state index contributed by atoms with van der Waals surface area (Å²) in [6.07, 6.45) is 5.99. The molecule has 0 bridgehead atoms. The summed E-state index contributed by atoms with van der Waals surface area (Å²) in [7, 11) is 1.77. The zero-order valence-corrected chi connectivity index (χ0v) is 12.3. The topological polar surface area (TPSA) is 61.0 Å². The van der Waals surface area contributed by atoms with E-state index in [0.29, 0.717) is 6.54 Å². The molecule has 1 saturated carbocycles. The molecule has 1 aromatic rings. The van der Waals surface area contributed by atoms with Gasteiger partial charge in [-0.05, 0) is 50.6 Å². The van der Waals surface area contributed by atoms with Crippen LogP contribution in [0.2, 0.25) is 0 Å². The van der Waals surface area contributed by atoms with Gasteiger partial charge in [0, 0.05) is 18.5 Å². The quantitative estimate of drug-likeness (QED) is 0.854. The van der Waals surface area contributed by atoms with Crippen molar-refractivity contribution in [2.75, 3.05) is 13.7 Å². The van der Waals surface area contributed by atoms with E-state index in [4.69, 9.17) is 20.4 Å². The molecule has 0 aliphatic heterocycles. The molecule has 4 heteroatoms. The Bertz CT molecular complexity index is 411. The monoisotopic (exact) mass is 263 g/mol. The molecule has 0 atom stereocenters. The van der Waals surface area contributed by atoms with Crippen molar-refractivity contribution in [3.8, 4) is 0 Å². The standard InChI is InChI=1S/C15H25N3O/c1-4-12-11(7-10-16)13(5-2)18-14(17-12)15(19-3)8-6-9-15/h4-10,16H2,1-3H3. The minimum Gasteiger partial charge on any atom is -0.370 e. The number of rotatable bonds is 6. The molecular weight excluding hydrogens is 238 g/mol. The fourth-order valence-electron chi connectivity index (χ4n) is 2.82. The van der Waals surface area contributed by atoms with Gasteiger partial charge in [0.1, 0.15) is 5.60 Å². The first kappa shape index (κ1) is 14.4. The van der Waals surface area contributed by atoms with Crippen molar-refractivity contribution in [1.29, 1.82) is 0 Å². The third-order valence-electron chi connectivity index (χ3n) is 4.20. The Morgan fingerprint density at radius 1 is 1.16 bits per heavy atom. The molecule has 0 aromatic carbocycles. The second-order valence-corrected chi connectivity index (χ2v) is 5.22.